The molecule has 0 atom stereocenters. The Hall–Kier alpha value is -3.17. The summed E-state index contributed by atoms with van der Waals surface area (Å²) in [5, 5.41) is 3.63. The van der Waals surface area contributed by atoms with E-state index in [0.717, 1.165) is 10.9 Å². The number of nitrogens with zero attached hydrogens (tertiary/aromatic N) is 2. The van der Waals surface area contributed by atoms with E-state index in [1.54, 1.807) is 41.4 Å². The number of amides is 2. The predicted octanol–water partition coefficient (Wildman–Crippen LogP) is 2.21. The highest BCUT2D eigenvalue weighted by molar-refractivity contribution is 7.89. The van der Waals surface area contributed by atoms with Gasteiger partial charge in [-0.05, 0) is 24.6 Å². The molecule has 1 aromatic heterocycles. The minimum Gasteiger partial charge on any atom is -0.360 e. The van der Waals surface area contributed by atoms with E-state index in [1.165, 1.54) is 4.31 Å². The van der Waals surface area contributed by atoms with Gasteiger partial charge in [-0.3, -0.25) is 9.59 Å². The Morgan fingerprint density at radius 1 is 0.906 bits per heavy atom. The quantitative estimate of drug-likeness (QED) is 0.633. The molecule has 0 unspecified atom stereocenters. The molecule has 1 aliphatic heterocycles. The zero-order valence-electron chi connectivity index (χ0n) is 17.7. The van der Waals surface area contributed by atoms with Gasteiger partial charge in [0.05, 0.1) is 10.5 Å². The van der Waals surface area contributed by atoms with Crippen LogP contribution in [-0.2, 0) is 14.8 Å². The van der Waals surface area contributed by atoms with Gasteiger partial charge in [0.2, 0.25) is 15.9 Å². The van der Waals surface area contributed by atoms with E-state index in [2.05, 4.69) is 10.3 Å². The molecule has 1 aliphatic rings. The van der Waals surface area contributed by atoms with E-state index in [9.17, 15) is 18.0 Å². The van der Waals surface area contributed by atoms with Crippen LogP contribution in [0.15, 0.2) is 65.7 Å². The molecule has 0 aliphatic carbocycles. The lowest BCUT2D eigenvalue weighted by Gasteiger charge is -2.24. The molecule has 3 aromatic rings. The van der Waals surface area contributed by atoms with Crippen LogP contribution in [0.4, 0.5) is 0 Å². The van der Waals surface area contributed by atoms with Gasteiger partial charge in [0, 0.05) is 56.2 Å². The molecular formula is C23H26N4O4S. The number of para-hydroxylation sites is 1. The molecule has 0 saturated carbocycles. The minimum absolute atomic E-state index is 0.0719. The molecule has 2 aromatic carbocycles. The largest absolute Gasteiger partial charge is 0.360 e. The Kier molecular flexibility index (Phi) is 6.57. The highest BCUT2D eigenvalue weighted by Crippen LogP contribution is 2.20. The number of hydrogen-bond donors (Lipinski definition) is 2. The Morgan fingerprint density at radius 2 is 1.66 bits per heavy atom. The summed E-state index contributed by atoms with van der Waals surface area (Å²) in [7, 11) is -3.73. The van der Waals surface area contributed by atoms with Crippen LogP contribution in [0.5, 0.6) is 0 Å². The smallest absolute Gasteiger partial charge is 0.256 e. The van der Waals surface area contributed by atoms with Crippen molar-refractivity contribution >= 4 is 32.7 Å². The maximum atomic E-state index is 13.3. The molecule has 2 amide bonds. The number of carbonyl (C=O) groups is 2. The molecule has 0 spiro atoms. The Bertz CT molecular complexity index is 1210. The molecule has 168 valence electrons. The van der Waals surface area contributed by atoms with Crippen molar-refractivity contribution in [1.29, 1.82) is 0 Å². The van der Waals surface area contributed by atoms with Crippen molar-refractivity contribution in [3.63, 3.8) is 0 Å². The maximum absolute atomic E-state index is 13.3. The van der Waals surface area contributed by atoms with Crippen molar-refractivity contribution in [1.82, 2.24) is 19.5 Å². The lowest BCUT2D eigenvalue weighted by molar-refractivity contribution is -0.121. The van der Waals surface area contributed by atoms with Gasteiger partial charge in [-0.1, -0.05) is 36.4 Å². The van der Waals surface area contributed by atoms with Crippen LogP contribution in [0, 0.1) is 0 Å². The first kappa shape index (κ1) is 22.0. The molecule has 8 nitrogen and oxygen atoms in total. The topological polar surface area (TPSA) is 103 Å². The van der Waals surface area contributed by atoms with E-state index in [-0.39, 0.29) is 36.2 Å². The fourth-order valence-corrected chi connectivity index (χ4v) is 5.41. The highest BCUT2D eigenvalue weighted by atomic mass is 32.2. The van der Waals surface area contributed by atoms with Crippen molar-refractivity contribution in [2.75, 3.05) is 32.7 Å². The normalized spacial score (nSPS) is 17.0. The number of benzene rings is 2. The van der Waals surface area contributed by atoms with Crippen LogP contribution in [0.25, 0.3) is 10.9 Å². The molecule has 1 saturated heterocycles. The van der Waals surface area contributed by atoms with Gasteiger partial charge in [-0.2, -0.15) is 4.31 Å². The van der Waals surface area contributed by atoms with Gasteiger partial charge in [0.25, 0.3) is 5.91 Å². The molecule has 2 heterocycles. The van der Waals surface area contributed by atoms with Crippen LogP contribution in [0.1, 0.15) is 23.2 Å². The molecule has 0 radical (unpaired) electrons. The Labute approximate surface area is 187 Å². The summed E-state index contributed by atoms with van der Waals surface area (Å²) in [4.78, 5) is 30.5. The number of aromatic nitrogens is 1. The van der Waals surface area contributed by atoms with E-state index in [0.29, 0.717) is 31.6 Å². The summed E-state index contributed by atoms with van der Waals surface area (Å²) in [6.45, 7) is 1.38. The number of sulfonamides is 1. The SMILES string of the molecule is O=C1CCN(S(=O)(=O)c2ccccc2)CCCN(C(=O)c2c[nH]c3ccccc23)CCN1. The van der Waals surface area contributed by atoms with E-state index in [1.807, 2.05) is 24.3 Å². The fraction of sp³-hybridized carbons (Fsp3) is 0.304. The molecule has 4 rings (SSSR count). The van der Waals surface area contributed by atoms with Crippen LogP contribution in [0.3, 0.4) is 0 Å². The van der Waals surface area contributed by atoms with Crippen LogP contribution >= 0.6 is 0 Å². The first-order chi connectivity index (χ1) is 15.5. The van der Waals surface area contributed by atoms with Gasteiger partial charge in [0.15, 0.2) is 0 Å². The zero-order valence-corrected chi connectivity index (χ0v) is 18.5. The summed E-state index contributed by atoms with van der Waals surface area (Å²) in [6, 6.07) is 15.8. The predicted molar refractivity (Wildman–Crippen MR) is 122 cm³/mol. The summed E-state index contributed by atoms with van der Waals surface area (Å²) < 4.78 is 27.5. The average molecular weight is 455 g/mol. The first-order valence-corrected chi connectivity index (χ1v) is 12.1. The third-order valence-corrected chi connectivity index (χ3v) is 7.53. The monoisotopic (exact) mass is 454 g/mol. The second-order valence-corrected chi connectivity index (χ2v) is 9.65. The third-order valence-electron chi connectivity index (χ3n) is 5.62. The second-order valence-electron chi connectivity index (χ2n) is 7.71. The molecule has 32 heavy (non-hydrogen) atoms. The summed E-state index contributed by atoms with van der Waals surface area (Å²) in [5.74, 6) is -0.381. The summed E-state index contributed by atoms with van der Waals surface area (Å²) >= 11 is 0. The van der Waals surface area contributed by atoms with Gasteiger partial charge >= 0.3 is 0 Å². The van der Waals surface area contributed by atoms with E-state index < -0.39 is 10.0 Å². The van der Waals surface area contributed by atoms with Gasteiger partial charge in [0.1, 0.15) is 0 Å². The fourth-order valence-electron chi connectivity index (χ4n) is 3.91. The van der Waals surface area contributed by atoms with Crippen molar-refractivity contribution in [3.8, 4) is 0 Å². The van der Waals surface area contributed by atoms with E-state index in [4.69, 9.17) is 0 Å². The van der Waals surface area contributed by atoms with Crippen molar-refractivity contribution in [2.45, 2.75) is 17.7 Å². The van der Waals surface area contributed by atoms with Crippen LogP contribution in [0.2, 0.25) is 0 Å². The van der Waals surface area contributed by atoms with Crippen molar-refractivity contribution in [2.24, 2.45) is 0 Å². The number of nitrogens with one attached hydrogen (secondary N) is 2. The number of H-pyrrole nitrogens is 1. The highest BCUT2D eigenvalue weighted by Gasteiger charge is 2.26. The summed E-state index contributed by atoms with van der Waals surface area (Å²) in [6.07, 6.45) is 2.24. The number of aromatic amines is 1. The summed E-state index contributed by atoms with van der Waals surface area (Å²) in [5.41, 5.74) is 1.44. The van der Waals surface area contributed by atoms with E-state index >= 15 is 0 Å². The average Bonchev–Trinajstić information content (AvgIpc) is 3.22. The number of fused-ring (bicyclic) bond motifs is 1. The number of carbonyl (C=O) groups excluding carboxylic acids is 2. The van der Waals surface area contributed by atoms with Crippen LogP contribution in [-0.4, -0.2) is 67.1 Å². The zero-order chi connectivity index (χ0) is 22.6. The van der Waals surface area contributed by atoms with Gasteiger partial charge in [-0.25, -0.2) is 8.42 Å². The standard InChI is InChI=1S/C23H26N4O4S/c28-22-11-15-27(32(30,31)18-7-2-1-3-8-18)14-6-13-26(16-12-24-22)23(29)20-17-25-21-10-5-4-9-19(20)21/h1-5,7-10,17,25H,6,11-16H2,(H,24,28). The molecule has 9 heteroatoms. The Balaban J connectivity index is 1.54. The number of rotatable bonds is 3. The van der Waals surface area contributed by atoms with Gasteiger partial charge < -0.3 is 15.2 Å². The Morgan fingerprint density at radius 3 is 2.47 bits per heavy atom. The van der Waals surface area contributed by atoms with Crippen molar-refractivity contribution < 1.29 is 18.0 Å². The van der Waals surface area contributed by atoms with Gasteiger partial charge in [-0.15, -0.1) is 0 Å². The maximum Gasteiger partial charge on any atom is 0.256 e. The lowest BCUT2D eigenvalue weighted by atomic mass is 10.1. The molecule has 1 fully saturated rings. The lowest BCUT2D eigenvalue weighted by Crippen LogP contribution is -2.39. The number of hydrogen-bond acceptors (Lipinski definition) is 4. The minimum atomic E-state index is -3.73. The van der Waals surface area contributed by atoms with Crippen molar-refractivity contribution in [3.05, 3.63) is 66.4 Å². The molecule has 0 bridgehead atoms. The molecule has 2 N–H and O–H groups in total. The first-order valence-electron chi connectivity index (χ1n) is 10.6. The molecular weight excluding hydrogens is 428 g/mol. The third kappa shape index (κ3) is 4.68. The second kappa shape index (κ2) is 9.54. The van der Waals surface area contributed by atoms with Crippen LogP contribution < -0.4 is 5.32 Å².